The number of benzene rings is 2. The van der Waals surface area contributed by atoms with Gasteiger partial charge in [-0.05, 0) is 42.0 Å². The lowest BCUT2D eigenvalue weighted by atomic mass is 10.2. The number of fused-ring (bicyclic) bond motifs is 1. The molecular weight excluding hydrogens is 386 g/mol. The number of amides is 1. The van der Waals surface area contributed by atoms with Crippen LogP contribution in [0.4, 0.5) is 5.13 Å². The van der Waals surface area contributed by atoms with Crippen LogP contribution in [0.15, 0.2) is 82.5 Å². The van der Waals surface area contributed by atoms with Crippen LogP contribution < -0.4 is 9.75 Å². The van der Waals surface area contributed by atoms with E-state index in [1.807, 2.05) is 48.5 Å². The Hall–Kier alpha value is -3.71. The summed E-state index contributed by atoms with van der Waals surface area (Å²) in [5, 5.41) is 6.04. The van der Waals surface area contributed by atoms with Crippen molar-refractivity contribution in [2.75, 3.05) is 12.1 Å². The Bertz CT molecular complexity index is 1160. The minimum Gasteiger partial charge on any atom is -0.497 e. The van der Waals surface area contributed by atoms with Gasteiger partial charge in [0, 0.05) is 6.08 Å². The molecule has 0 atom stereocenters. The van der Waals surface area contributed by atoms with Crippen LogP contribution in [0.3, 0.4) is 0 Å². The topological polar surface area (TPSA) is 67.9 Å². The highest BCUT2D eigenvalue weighted by atomic mass is 32.1. The van der Waals surface area contributed by atoms with Crippen molar-refractivity contribution < 1.29 is 13.9 Å². The normalized spacial score (nSPS) is 11.5. The first-order valence-electron chi connectivity index (χ1n) is 8.82. The SMILES string of the molecule is COc1ccc2nc(N(/N=C/c3ccco3)C(=O)/C=C/c3ccccc3)sc2c1. The molecule has 0 aliphatic heterocycles. The number of nitrogens with zero attached hydrogens (tertiary/aromatic N) is 3. The summed E-state index contributed by atoms with van der Waals surface area (Å²) in [5.74, 6) is 0.953. The molecule has 7 heteroatoms. The Morgan fingerprint density at radius 1 is 1.17 bits per heavy atom. The molecule has 2 aromatic heterocycles. The number of aromatic nitrogens is 1. The van der Waals surface area contributed by atoms with Crippen molar-refractivity contribution in [3.63, 3.8) is 0 Å². The summed E-state index contributed by atoms with van der Waals surface area (Å²) in [5.41, 5.74) is 1.69. The van der Waals surface area contributed by atoms with Crippen molar-refractivity contribution in [3.8, 4) is 5.75 Å². The van der Waals surface area contributed by atoms with E-state index in [1.165, 1.54) is 28.6 Å². The molecule has 0 saturated carbocycles. The molecule has 2 aromatic carbocycles. The molecule has 0 unspecified atom stereocenters. The number of hydrazone groups is 1. The van der Waals surface area contributed by atoms with Gasteiger partial charge >= 0.3 is 0 Å². The van der Waals surface area contributed by atoms with Gasteiger partial charge in [-0.25, -0.2) is 4.98 Å². The highest BCUT2D eigenvalue weighted by Crippen LogP contribution is 2.31. The van der Waals surface area contributed by atoms with Crippen LogP contribution in [0.5, 0.6) is 5.75 Å². The number of rotatable bonds is 6. The van der Waals surface area contributed by atoms with E-state index in [0.717, 1.165) is 21.5 Å². The van der Waals surface area contributed by atoms with Crippen LogP contribution in [-0.2, 0) is 4.79 Å². The smallest absolute Gasteiger partial charge is 0.273 e. The average Bonchev–Trinajstić information content (AvgIpc) is 3.42. The van der Waals surface area contributed by atoms with Crippen molar-refractivity contribution in [2.45, 2.75) is 0 Å². The lowest BCUT2D eigenvalue weighted by molar-refractivity contribution is -0.114. The van der Waals surface area contributed by atoms with Gasteiger partial charge in [0.15, 0.2) is 0 Å². The van der Waals surface area contributed by atoms with Gasteiger partial charge in [0.25, 0.3) is 5.91 Å². The summed E-state index contributed by atoms with van der Waals surface area (Å²) in [7, 11) is 1.61. The molecule has 29 heavy (non-hydrogen) atoms. The van der Waals surface area contributed by atoms with E-state index in [-0.39, 0.29) is 5.91 Å². The highest BCUT2D eigenvalue weighted by molar-refractivity contribution is 7.22. The molecule has 0 N–H and O–H groups in total. The zero-order valence-corrected chi connectivity index (χ0v) is 16.4. The first-order valence-corrected chi connectivity index (χ1v) is 9.64. The Morgan fingerprint density at radius 3 is 2.79 bits per heavy atom. The third-order valence-electron chi connectivity index (χ3n) is 4.04. The number of methoxy groups -OCH3 is 1. The van der Waals surface area contributed by atoms with Gasteiger partial charge in [0.05, 0.1) is 29.8 Å². The summed E-state index contributed by atoms with van der Waals surface area (Å²) in [4.78, 5) is 17.5. The Morgan fingerprint density at radius 2 is 2.03 bits per heavy atom. The molecule has 6 nitrogen and oxygen atoms in total. The fourth-order valence-corrected chi connectivity index (χ4v) is 3.55. The van der Waals surface area contributed by atoms with Crippen molar-refractivity contribution in [2.24, 2.45) is 5.10 Å². The van der Waals surface area contributed by atoms with Crippen molar-refractivity contribution in [1.29, 1.82) is 0 Å². The minimum absolute atomic E-state index is 0.317. The second-order valence-electron chi connectivity index (χ2n) is 5.98. The molecule has 0 spiro atoms. The van der Waals surface area contributed by atoms with E-state index in [9.17, 15) is 4.79 Å². The third-order valence-corrected chi connectivity index (χ3v) is 5.03. The summed E-state index contributed by atoms with van der Waals surface area (Å²) in [6.07, 6.45) is 6.25. The van der Waals surface area contributed by atoms with Gasteiger partial charge in [0.1, 0.15) is 11.5 Å². The Labute approximate surface area is 171 Å². The van der Waals surface area contributed by atoms with Crippen LogP contribution in [-0.4, -0.2) is 24.2 Å². The second kappa shape index (κ2) is 8.53. The molecular formula is C22H17N3O3S. The van der Waals surface area contributed by atoms with Crippen molar-refractivity contribution >= 4 is 44.9 Å². The van der Waals surface area contributed by atoms with Crippen LogP contribution in [0.25, 0.3) is 16.3 Å². The predicted octanol–water partition coefficient (Wildman–Crippen LogP) is 4.98. The van der Waals surface area contributed by atoms with Crippen LogP contribution >= 0.6 is 11.3 Å². The fraction of sp³-hybridized carbons (Fsp3) is 0.0455. The number of hydrogen-bond acceptors (Lipinski definition) is 6. The largest absolute Gasteiger partial charge is 0.497 e. The zero-order valence-electron chi connectivity index (χ0n) is 15.6. The number of ether oxygens (including phenoxy) is 1. The lowest BCUT2D eigenvalue weighted by Crippen LogP contribution is -2.23. The molecule has 4 aromatic rings. The van der Waals surface area contributed by atoms with E-state index in [2.05, 4.69) is 10.1 Å². The van der Waals surface area contributed by atoms with Crippen LogP contribution in [0.1, 0.15) is 11.3 Å². The number of furan rings is 1. The molecule has 4 rings (SSSR count). The molecule has 0 saturated heterocycles. The first-order chi connectivity index (χ1) is 14.2. The molecule has 144 valence electrons. The number of carbonyl (C=O) groups is 1. The van der Waals surface area contributed by atoms with E-state index < -0.39 is 0 Å². The maximum Gasteiger partial charge on any atom is 0.273 e. The fourth-order valence-electron chi connectivity index (χ4n) is 2.59. The van der Waals surface area contributed by atoms with Crippen LogP contribution in [0, 0.1) is 0 Å². The first kappa shape index (κ1) is 18.6. The van der Waals surface area contributed by atoms with E-state index in [4.69, 9.17) is 9.15 Å². The number of hydrogen-bond donors (Lipinski definition) is 0. The summed E-state index contributed by atoms with van der Waals surface area (Å²) >= 11 is 1.36. The molecule has 0 aliphatic rings. The third kappa shape index (κ3) is 4.41. The monoisotopic (exact) mass is 403 g/mol. The van der Waals surface area contributed by atoms with E-state index >= 15 is 0 Å². The van der Waals surface area contributed by atoms with Crippen molar-refractivity contribution in [3.05, 3.63) is 84.3 Å². The van der Waals surface area contributed by atoms with Gasteiger partial charge in [-0.2, -0.15) is 10.1 Å². The van der Waals surface area contributed by atoms with Gasteiger partial charge in [-0.15, -0.1) is 0 Å². The number of thiazole rings is 1. The second-order valence-corrected chi connectivity index (χ2v) is 6.99. The quantitative estimate of drug-likeness (QED) is 0.259. The summed E-state index contributed by atoms with van der Waals surface area (Å²) < 4.78 is 11.4. The molecule has 0 bridgehead atoms. The Kier molecular flexibility index (Phi) is 5.49. The molecule has 0 aliphatic carbocycles. The lowest BCUT2D eigenvalue weighted by Gasteiger charge is -2.10. The zero-order chi connectivity index (χ0) is 20.1. The maximum absolute atomic E-state index is 12.9. The summed E-state index contributed by atoms with van der Waals surface area (Å²) in [6.45, 7) is 0. The van der Waals surface area contributed by atoms with E-state index in [1.54, 1.807) is 31.6 Å². The van der Waals surface area contributed by atoms with E-state index in [0.29, 0.717) is 10.9 Å². The Balaban J connectivity index is 1.68. The minimum atomic E-state index is -0.317. The van der Waals surface area contributed by atoms with Gasteiger partial charge in [-0.3, -0.25) is 4.79 Å². The predicted molar refractivity (Wildman–Crippen MR) is 115 cm³/mol. The molecule has 2 heterocycles. The summed E-state index contributed by atoms with van der Waals surface area (Å²) in [6, 6.07) is 18.7. The molecule has 0 fully saturated rings. The molecule has 0 radical (unpaired) electrons. The standard InChI is InChI=1S/C22H17N3O3S/c1-27-17-10-11-19-20(14-17)29-22(24-19)25(23-15-18-8-5-13-28-18)21(26)12-9-16-6-3-2-4-7-16/h2-15H,1H3/b12-9+,23-15+. The van der Waals surface area contributed by atoms with Crippen molar-refractivity contribution in [1.82, 2.24) is 4.98 Å². The van der Waals surface area contributed by atoms with Gasteiger partial charge in [-0.1, -0.05) is 41.7 Å². The van der Waals surface area contributed by atoms with Gasteiger partial charge < -0.3 is 9.15 Å². The maximum atomic E-state index is 12.9. The number of anilines is 1. The van der Waals surface area contributed by atoms with Crippen LogP contribution in [0.2, 0.25) is 0 Å². The number of carbonyl (C=O) groups excluding carboxylic acids is 1. The van der Waals surface area contributed by atoms with Gasteiger partial charge in [0.2, 0.25) is 5.13 Å². The highest BCUT2D eigenvalue weighted by Gasteiger charge is 2.17. The average molecular weight is 403 g/mol. The molecule has 1 amide bonds.